The maximum absolute atomic E-state index is 9.63. The number of carboxylic acid groups (broad SMARTS) is 6. The fraction of sp³-hybridized carbons (Fsp3) is 0.500. The molecule has 0 aliphatic heterocycles. The van der Waals surface area contributed by atoms with E-state index in [1.54, 1.807) is 0 Å². The van der Waals surface area contributed by atoms with Crippen molar-refractivity contribution < 1.29 is 130 Å². The molecule has 0 aromatic heterocycles. The van der Waals surface area contributed by atoms with Crippen LogP contribution in [0.4, 0.5) is 0 Å². The molecule has 0 aliphatic carbocycles. The molecule has 0 radical (unpaired) electrons. The normalized spacial score (nSPS) is 14.8. The van der Waals surface area contributed by atoms with Crippen molar-refractivity contribution in [2.75, 3.05) is 0 Å². The Labute approximate surface area is 202 Å². The summed E-state index contributed by atoms with van der Waals surface area (Å²) in [5.41, 5.74) is 0. The average molecular weight is 829 g/mol. The minimum Gasteiger partial charge on any atom is -0.547 e. The summed E-state index contributed by atoms with van der Waals surface area (Å²) in [5, 5.41) is 107. The van der Waals surface area contributed by atoms with Gasteiger partial charge in [0.2, 0.25) is 0 Å². The summed E-state index contributed by atoms with van der Waals surface area (Å²) in [6.45, 7) is 0. The molecule has 0 fully saturated rings. The topological polar surface area (TPSA) is 362 Å². The van der Waals surface area contributed by atoms with Crippen molar-refractivity contribution >= 4 is 35.8 Å². The van der Waals surface area contributed by atoms with Crippen LogP contribution in [0.15, 0.2) is 0 Å². The van der Waals surface area contributed by atoms with E-state index < -0.39 is 72.4 Å². The number of rotatable bonds is 9. The number of carboxylic acids is 6. The molecule has 0 amide bonds. The van der Waals surface area contributed by atoms with Crippen molar-refractivity contribution in [2.45, 2.75) is 36.6 Å². The molecule has 0 aromatic carbocycles. The molecule has 0 aliphatic rings. The first kappa shape index (κ1) is 40.3. The number of hydrogen-bond acceptors (Lipinski definition) is 18. The second-order valence-electron chi connectivity index (χ2n) is 4.58. The van der Waals surface area contributed by atoms with Gasteiger partial charge in [0, 0.05) is 0 Å². The molecule has 32 heavy (non-hydrogen) atoms. The molecule has 6 atom stereocenters. The van der Waals surface area contributed by atoms with Gasteiger partial charge in [-0.1, -0.05) is 0 Å². The first-order valence-corrected chi connectivity index (χ1v) is 6.73. The first-order chi connectivity index (χ1) is 13.4. The van der Waals surface area contributed by atoms with Crippen LogP contribution in [0.1, 0.15) is 0 Å². The van der Waals surface area contributed by atoms with Crippen LogP contribution in [-0.4, -0.2) is 103 Å². The predicted molar refractivity (Wildman–Crippen MR) is 66.1 cm³/mol. The van der Waals surface area contributed by atoms with Crippen LogP contribution in [0, 0.1) is 0 Å². The summed E-state index contributed by atoms with van der Waals surface area (Å²) in [6.07, 6.45) is -14.6. The smallest absolute Gasteiger partial charge is 0.547 e. The van der Waals surface area contributed by atoms with E-state index in [-0.39, 0.29) is 40.2 Å². The molecule has 6 unspecified atom stereocenters. The van der Waals surface area contributed by atoms with Crippen molar-refractivity contribution in [1.82, 2.24) is 0 Å². The second kappa shape index (κ2) is 19.6. The van der Waals surface area contributed by atoms with Crippen molar-refractivity contribution in [3.05, 3.63) is 0 Å². The number of aliphatic carboxylic acids is 6. The number of carbonyl (C=O) groups excluding carboxylic acids is 6. The van der Waals surface area contributed by atoms with Gasteiger partial charge in [0.1, 0.15) is 36.6 Å². The molecule has 0 heterocycles. The van der Waals surface area contributed by atoms with E-state index in [1.807, 2.05) is 0 Å². The summed E-state index contributed by atoms with van der Waals surface area (Å²) in [4.78, 5) is 57.8. The molecule has 0 saturated heterocycles. The van der Waals surface area contributed by atoms with Crippen LogP contribution in [-0.2, 0) is 69.0 Å². The minimum absolute atomic E-state index is 0. The monoisotopic (exact) mass is 830 g/mol. The van der Waals surface area contributed by atoms with Crippen molar-refractivity contribution in [3.63, 3.8) is 0 Å². The van der Waals surface area contributed by atoms with Gasteiger partial charge in [-0.15, -0.1) is 0 Å². The van der Waals surface area contributed by atoms with Crippen LogP contribution < -0.4 is 30.6 Å². The van der Waals surface area contributed by atoms with E-state index >= 15 is 0 Å². The van der Waals surface area contributed by atoms with Crippen LogP contribution in [0.5, 0.6) is 0 Å². The van der Waals surface area contributed by atoms with Gasteiger partial charge >= 0.3 is 40.2 Å². The summed E-state index contributed by atoms with van der Waals surface area (Å²) in [5.74, 6) is -12.4. The zero-order valence-corrected chi connectivity index (χ0v) is 19.5. The Balaban J connectivity index is -0.000000110. The summed E-state index contributed by atoms with van der Waals surface area (Å²) >= 11 is 0. The molecular weight excluding hydrogens is 817 g/mol. The zero-order chi connectivity index (χ0) is 24.9. The molecule has 20 heteroatoms. The maximum atomic E-state index is 9.63. The van der Waals surface area contributed by atoms with Gasteiger partial charge in [0.05, 0.1) is 35.8 Å². The van der Waals surface area contributed by atoms with Crippen molar-refractivity contribution in [2.24, 2.45) is 0 Å². The third kappa shape index (κ3) is 17.5. The molecule has 0 rings (SSSR count). The summed E-state index contributed by atoms with van der Waals surface area (Å²) < 4.78 is 0. The van der Waals surface area contributed by atoms with Crippen LogP contribution in [0.25, 0.3) is 0 Å². The number of carbonyl (C=O) groups is 6. The van der Waals surface area contributed by atoms with E-state index in [9.17, 15) is 59.4 Å². The number of aliphatic hydroxyl groups excluding tert-OH is 6. The summed E-state index contributed by atoms with van der Waals surface area (Å²) in [6, 6.07) is 0. The van der Waals surface area contributed by atoms with Crippen LogP contribution in [0.2, 0.25) is 0 Å². The first-order valence-electron chi connectivity index (χ1n) is 6.73. The van der Waals surface area contributed by atoms with Gasteiger partial charge in [-0.2, -0.15) is 0 Å². The van der Waals surface area contributed by atoms with Gasteiger partial charge in [-0.25, -0.2) is 0 Å². The van der Waals surface area contributed by atoms with Gasteiger partial charge < -0.3 is 90.0 Å². The van der Waals surface area contributed by atoms with E-state index in [2.05, 4.69) is 0 Å². The average Bonchev–Trinajstić information content (AvgIpc) is 2.64. The van der Waals surface area contributed by atoms with Crippen LogP contribution >= 0.6 is 0 Å². The quantitative estimate of drug-likeness (QED) is 0.126. The zero-order valence-electron chi connectivity index (χ0n) is 14.7. The van der Waals surface area contributed by atoms with Crippen molar-refractivity contribution in [3.8, 4) is 0 Å². The Morgan fingerprint density at radius 3 is 0.438 bits per heavy atom. The van der Waals surface area contributed by atoms with Crippen molar-refractivity contribution in [1.29, 1.82) is 0 Å². The van der Waals surface area contributed by atoms with E-state index in [1.165, 1.54) is 0 Å². The Kier molecular flexibility index (Phi) is 24.6. The van der Waals surface area contributed by atoms with E-state index in [4.69, 9.17) is 30.6 Å². The van der Waals surface area contributed by atoms with Gasteiger partial charge in [-0.05, 0) is 0 Å². The largest absolute Gasteiger partial charge is 3.00 e. The Bertz CT molecular complexity index is 498. The Morgan fingerprint density at radius 1 is 0.344 bits per heavy atom. The van der Waals surface area contributed by atoms with Crippen LogP contribution in [0.3, 0.4) is 0 Å². The van der Waals surface area contributed by atoms with Gasteiger partial charge in [0.15, 0.2) is 0 Å². The molecule has 0 saturated carbocycles. The molecule has 0 bridgehead atoms. The van der Waals surface area contributed by atoms with Gasteiger partial charge in [-0.3, -0.25) is 0 Å². The third-order valence-electron chi connectivity index (χ3n) is 2.35. The molecule has 18 nitrogen and oxygen atoms in total. The molecule has 0 aromatic rings. The number of hydrogen-bond donors (Lipinski definition) is 6. The minimum atomic E-state index is -2.44. The molecular formula is C12H12Ir2O18. The second-order valence-corrected chi connectivity index (χ2v) is 4.58. The Morgan fingerprint density at radius 2 is 0.406 bits per heavy atom. The molecule has 6 N–H and O–H groups in total. The van der Waals surface area contributed by atoms with Gasteiger partial charge in [0.25, 0.3) is 0 Å². The fourth-order valence-corrected chi connectivity index (χ4v) is 0.773. The molecule has 0 spiro atoms. The third-order valence-corrected chi connectivity index (χ3v) is 2.35. The fourth-order valence-electron chi connectivity index (χ4n) is 0.773. The maximum Gasteiger partial charge on any atom is 3.00 e. The Hall–Kier alpha value is -2.12. The predicted octanol–water partition coefficient (Wildman–Crippen LogP) is -14.4. The molecule has 186 valence electrons. The standard InChI is InChI=1S/3C4H6O6.2Ir/c3*5-1(3(7)8)2(6)4(9)10;;/h3*1-2,5-6H,(H,7,8)(H,9,10);;/q;;;2*+3/p-6. The SMILES string of the molecule is O=C([O-])C(O)C(O)C(=O)[O-].O=C([O-])C(O)C(O)C(=O)[O-].O=C([O-])C(O)C(O)C(=O)[O-].[Ir+3].[Ir+3]. The van der Waals surface area contributed by atoms with E-state index in [0.717, 1.165) is 0 Å². The number of aliphatic hydroxyl groups is 6. The summed E-state index contributed by atoms with van der Waals surface area (Å²) in [7, 11) is 0. The van der Waals surface area contributed by atoms with E-state index in [0.29, 0.717) is 0 Å².